The van der Waals surface area contributed by atoms with Gasteiger partial charge in [0, 0.05) is 61.7 Å². The van der Waals surface area contributed by atoms with Gasteiger partial charge in [-0.15, -0.1) is 0 Å². The molecule has 342 valence electrons. The normalized spacial score (nSPS) is 12.2. The van der Waals surface area contributed by atoms with Gasteiger partial charge in [-0.2, -0.15) is 0 Å². The Morgan fingerprint density at radius 1 is 0.565 bits per heavy atom. The van der Waals surface area contributed by atoms with Gasteiger partial charge in [-0.1, -0.05) is 34.4 Å². The summed E-state index contributed by atoms with van der Waals surface area (Å²) in [7, 11) is 2.37. The number of ether oxygens (including phenoxy) is 4. The molecule has 0 saturated carbocycles. The van der Waals surface area contributed by atoms with Crippen LogP contribution in [0.1, 0.15) is 92.9 Å². The van der Waals surface area contributed by atoms with Gasteiger partial charge in [0.05, 0.1) is 9.85 Å². The van der Waals surface area contributed by atoms with Gasteiger partial charge in [0.2, 0.25) is 11.8 Å². The van der Waals surface area contributed by atoms with E-state index in [2.05, 4.69) is 21.3 Å². The quantitative estimate of drug-likeness (QED) is 0.0206. The number of nitro groups is 2. The number of hydrogen-bond donors (Lipinski definition) is 4. The molecule has 0 spiro atoms. The average Bonchev–Trinajstić information content (AvgIpc) is 3.16. The van der Waals surface area contributed by atoms with Crippen molar-refractivity contribution in [3.63, 3.8) is 0 Å². The molecule has 0 radical (unpaired) electrons. The second kappa shape index (κ2) is 26.6. The van der Waals surface area contributed by atoms with Crippen molar-refractivity contribution in [1.29, 1.82) is 0 Å². The number of carbonyl (C=O) groups excluding carboxylic acids is 6. The lowest BCUT2D eigenvalue weighted by atomic mass is 10.2. The van der Waals surface area contributed by atoms with Gasteiger partial charge in [0.1, 0.15) is 34.8 Å². The first kappa shape index (κ1) is 52.5. The number of nitro benzene ring substituents is 2. The Morgan fingerprint density at radius 2 is 0.903 bits per heavy atom. The molecule has 4 amide bonds. The smallest absolute Gasteiger partial charge is 0.408 e. The van der Waals surface area contributed by atoms with Crippen LogP contribution in [0.15, 0.2) is 48.5 Å². The number of nitrogens with zero attached hydrogens (tertiary/aromatic N) is 2. The molecule has 20 nitrogen and oxygen atoms in total. The van der Waals surface area contributed by atoms with Crippen LogP contribution >= 0.6 is 21.6 Å². The number of non-ortho nitro benzene ring substituents is 2. The van der Waals surface area contributed by atoms with Crippen LogP contribution in [0.5, 0.6) is 11.5 Å². The Bertz CT molecular complexity index is 1690. The largest absolute Gasteiger partial charge is 0.444 e. The van der Waals surface area contributed by atoms with Crippen LogP contribution in [-0.2, 0) is 28.7 Å². The number of benzene rings is 2. The third kappa shape index (κ3) is 23.4. The molecule has 4 N–H and O–H groups in total. The van der Waals surface area contributed by atoms with E-state index in [0.717, 1.165) is 0 Å². The molecule has 2 aromatic rings. The van der Waals surface area contributed by atoms with E-state index in [0.29, 0.717) is 38.5 Å². The van der Waals surface area contributed by atoms with Crippen molar-refractivity contribution in [2.45, 2.75) is 116 Å². The molecule has 0 aromatic heterocycles. The summed E-state index contributed by atoms with van der Waals surface area (Å²) in [5.74, 6) is -1.46. The summed E-state index contributed by atoms with van der Waals surface area (Å²) in [6, 6.07) is 8.24. The lowest BCUT2D eigenvalue weighted by Crippen LogP contribution is -2.50. The molecule has 0 unspecified atom stereocenters. The van der Waals surface area contributed by atoms with Gasteiger partial charge in [0.15, 0.2) is 0 Å². The predicted octanol–water partition coefficient (Wildman–Crippen LogP) is 6.54. The van der Waals surface area contributed by atoms with E-state index in [1.54, 1.807) is 41.5 Å². The maximum atomic E-state index is 13.2. The lowest BCUT2D eigenvalue weighted by molar-refractivity contribution is -0.385. The molecule has 2 aromatic carbocycles. The number of unbranched alkanes of at least 4 members (excludes halogenated alkanes) is 4. The molecular weight excluding hydrogens is 853 g/mol. The van der Waals surface area contributed by atoms with E-state index in [1.165, 1.54) is 70.1 Å². The molecule has 0 aliphatic carbocycles. The maximum Gasteiger partial charge on any atom is 0.408 e. The number of hydrogen-bond acceptors (Lipinski definition) is 16. The van der Waals surface area contributed by atoms with E-state index in [1.807, 2.05) is 0 Å². The van der Waals surface area contributed by atoms with Crippen LogP contribution in [0, 0.1) is 20.2 Å². The van der Waals surface area contributed by atoms with Crippen LogP contribution in [-0.4, -0.2) is 93.7 Å². The third-order valence-electron chi connectivity index (χ3n) is 7.84. The molecule has 0 aliphatic heterocycles. The summed E-state index contributed by atoms with van der Waals surface area (Å²) in [5.41, 5.74) is -1.91. The SMILES string of the molecule is CC(C)(C)OC(=O)N[C@@H](CSSC[C@H](NC(=O)OC(C)(C)C)C(=O)NCCCCCC(=O)Oc1ccc([N+](=O)[O-])cc1)C(=O)NCCCCCC(=O)Oc1ccc([N+](=O)[O-])cc1. The number of esters is 2. The highest BCUT2D eigenvalue weighted by Gasteiger charge is 2.27. The Morgan fingerprint density at radius 3 is 1.21 bits per heavy atom. The first-order valence-electron chi connectivity index (χ1n) is 19.8. The second-order valence-electron chi connectivity index (χ2n) is 15.6. The fourth-order valence-corrected chi connectivity index (χ4v) is 7.27. The van der Waals surface area contributed by atoms with E-state index < -0.39 is 69.1 Å². The number of alkyl carbamates (subject to hydrolysis) is 2. The molecule has 0 aliphatic rings. The first-order valence-corrected chi connectivity index (χ1v) is 22.3. The average molecular weight is 909 g/mol. The summed E-state index contributed by atoms with van der Waals surface area (Å²) in [5, 5.41) is 32.3. The van der Waals surface area contributed by atoms with Crippen molar-refractivity contribution in [3.05, 3.63) is 68.8 Å². The van der Waals surface area contributed by atoms with Gasteiger partial charge in [-0.25, -0.2) is 9.59 Å². The van der Waals surface area contributed by atoms with Crippen molar-refractivity contribution in [2.24, 2.45) is 0 Å². The monoisotopic (exact) mass is 908 g/mol. The Hall–Kier alpha value is -5.64. The van der Waals surface area contributed by atoms with Gasteiger partial charge >= 0.3 is 24.1 Å². The van der Waals surface area contributed by atoms with E-state index in [9.17, 15) is 49.0 Å². The van der Waals surface area contributed by atoms with E-state index >= 15 is 0 Å². The van der Waals surface area contributed by atoms with Crippen LogP contribution in [0.3, 0.4) is 0 Å². The number of nitrogens with one attached hydrogen (secondary N) is 4. The van der Waals surface area contributed by atoms with Crippen molar-refractivity contribution < 1.29 is 57.6 Å². The number of rotatable bonds is 25. The summed E-state index contributed by atoms with van der Waals surface area (Å²) >= 11 is 0. The molecule has 0 saturated heterocycles. The third-order valence-corrected chi connectivity index (χ3v) is 10.3. The maximum absolute atomic E-state index is 13.2. The highest BCUT2D eigenvalue weighted by atomic mass is 33.1. The summed E-state index contributed by atoms with van der Waals surface area (Å²) in [6.07, 6.45) is 1.67. The molecule has 0 bridgehead atoms. The Kier molecular flexibility index (Phi) is 22.6. The summed E-state index contributed by atoms with van der Waals surface area (Å²) < 4.78 is 21.1. The lowest BCUT2D eigenvalue weighted by Gasteiger charge is -2.24. The van der Waals surface area contributed by atoms with Crippen LogP contribution in [0.2, 0.25) is 0 Å². The number of carbonyl (C=O) groups is 6. The minimum absolute atomic E-state index is 0.0671. The molecule has 62 heavy (non-hydrogen) atoms. The predicted molar refractivity (Wildman–Crippen MR) is 232 cm³/mol. The van der Waals surface area contributed by atoms with Crippen molar-refractivity contribution in [3.8, 4) is 11.5 Å². The van der Waals surface area contributed by atoms with Crippen molar-refractivity contribution in [1.82, 2.24) is 21.3 Å². The van der Waals surface area contributed by atoms with Crippen LogP contribution < -0.4 is 30.7 Å². The van der Waals surface area contributed by atoms with Gasteiger partial charge in [-0.05, 0) is 91.5 Å². The zero-order valence-electron chi connectivity index (χ0n) is 35.7. The van der Waals surface area contributed by atoms with Crippen LogP contribution in [0.25, 0.3) is 0 Å². The minimum atomic E-state index is -1.03. The van der Waals surface area contributed by atoms with E-state index in [4.69, 9.17) is 18.9 Å². The Labute approximate surface area is 367 Å². The van der Waals surface area contributed by atoms with Gasteiger partial charge < -0.3 is 40.2 Å². The standard InChI is InChI=1S/C40H56N6O14S2/c1-39(2,3)59-37(51)43-31(35(49)41-23-11-7-9-13-33(47)57-29-19-15-27(16-20-29)45(53)54)25-61-62-26-32(44-38(52)60-40(4,5)6)36(50)42-24-12-8-10-14-34(48)58-30-21-17-28(18-22-30)46(55)56/h15-22,31-32H,7-14,23-26H2,1-6H3,(H,41,49)(H,42,50)(H,43,51)(H,44,52)/t31-,32-/m0/s1. The second-order valence-corrected chi connectivity index (χ2v) is 18.2. The zero-order chi connectivity index (χ0) is 46.3. The van der Waals surface area contributed by atoms with E-state index in [-0.39, 0.29) is 60.3 Å². The van der Waals surface area contributed by atoms with Gasteiger partial charge in [0.25, 0.3) is 11.4 Å². The minimum Gasteiger partial charge on any atom is -0.444 e. The zero-order valence-corrected chi connectivity index (χ0v) is 37.3. The van der Waals surface area contributed by atoms with Crippen molar-refractivity contribution >= 4 is 68.9 Å². The van der Waals surface area contributed by atoms with Crippen molar-refractivity contribution in [2.75, 3.05) is 24.6 Å². The summed E-state index contributed by atoms with van der Waals surface area (Å²) in [6.45, 7) is 10.6. The number of amides is 4. The molecule has 2 atom stereocenters. The summed E-state index contributed by atoms with van der Waals surface area (Å²) in [4.78, 5) is 96.6. The van der Waals surface area contributed by atoms with Gasteiger partial charge in [-0.3, -0.25) is 39.4 Å². The first-order chi connectivity index (χ1) is 29.1. The topological polar surface area (TPSA) is 274 Å². The highest BCUT2D eigenvalue weighted by molar-refractivity contribution is 8.76. The van der Waals surface area contributed by atoms with Crippen LogP contribution in [0.4, 0.5) is 21.0 Å². The molecule has 0 fully saturated rings. The molecule has 2 rings (SSSR count). The molecular formula is C40H56N6O14S2. The molecule has 22 heteroatoms. The Balaban J connectivity index is 1.85. The molecule has 0 heterocycles. The highest BCUT2D eigenvalue weighted by Crippen LogP contribution is 2.24. The fraction of sp³-hybridized carbons (Fsp3) is 0.550. The fourth-order valence-electron chi connectivity index (χ4n) is 4.95.